The molecule has 0 fully saturated rings. The zero-order valence-corrected chi connectivity index (χ0v) is 14.3. The van der Waals surface area contributed by atoms with E-state index in [4.69, 9.17) is 0 Å². The van der Waals surface area contributed by atoms with Gasteiger partial charge in [0, 0.05) is 6.54 Å². The Labute approximate surface area is 144 Å². The molecule has 0 atom stereocenters. The van der Waals surface area contributed by atoms with Crippen LogP contribution in [0.15, 0.2) is 54.6 Å². The number of carbonyl (C=O) groups excluding carboxylic acids is 1. The summed E-state index contributed by atoms with van der Waals surface area (Å²) in [6.45, 7) is 1.83. The summed E-state index contributed by atoms with van der Waals surface area (Å²) in [5, 5.41) is 3.43. The first kappa shape index (κ1) is 19.2. The highest BCUT2D eigenvalue weighted by Gasteiger charge is 2.03. The topological polar surface area (TPSA) is 38.3 Å². The van der Waals surface area contributed by atoms with Crippen LogP contribution in [0.3, 0.4) is 0 Å². The molecular weight excluding hydrogens is 310 g/mol. The van der Waals surface area contributed by atoms with Crippen LogP contribution in [-0.4, -0.2) is 19.6 Å². The number of ether oxygens (including phenoxy) is 1. The van der Waals surface area contributed by atoms with E-state index in [2.05, 4.69) is 40.4 Å². The quantitative estimate of drug-likeness (QED) is 0.586. The van der Waals surface area contributed by atoms with Gasteiger partial charge in [-0.3, -0.25) is 0 Å². The van der Waals surface area contributed by atoms with Crippen molar-refractivity contribution < 1.29 is 9.53 Å². The number of unbranched alkanes of at least 4 members (excludes halogenated alkanes) is 1. The molecule has 23 heavy (non-hydrogen) atoms. The van der Waals surface area contributed by atoms with Gasteiger partial charge in [-0.2, -0.15) is 0 Å². The van der Waals surface area contributed by atoms with Crippen molar-refractivity contribution in [1.29, 1.82) is 0 Å². The molecule has 2 rings (SSSR count). The second-order valence-electron chi connectivity index (χ2n) is 5.31. The predicted octanol–water partition coefficient (Wildman–Crippen LogP) is 4.01. The molecule has 0 spiro atoms. The third-order valence-corrected chi connectivity index (χ3v) is 3.62. The van der Waals surface area contributed by atoms with Gasteiger partial charge in [0.15, 0.2) is 0 Å². The van der Waals surface area contributed by atoms with Crippen LogP contribution in [0.5, 0.6) is 0 Å². The molecule has 3 nitrogen and oxygen atoms in total. The smallest absolute Gasteiger partial charge is 0.337 e. The molecule has 1 N–H and O–H groups in total. The van der Waals surface area contributed by atoms with Gasteiger partial charge in [-0.15, -0.1) is 12.4 Å². The first-order valence-corrected chi connectivity index (χ1v) is 7.71. The van der Waals surface area contributed by atoms with Crippen LogP contribution in [0, 0.1) is 0 Å². The lowest BCUT2D eigenvalue weighted by atomic mass is 10.1. The van der Waals surface area contributed by atoms with E-state index in [0.717, 1.165) is 25.9 Å². The largest absolute Gasteiger partial charge is 0.465 e. The van der Waals surface area contributed by atoms with Gasteiger partial charge in [0.05, 0.1) is 12.7 Å². The van der Waals surface area contributed by atoms with Gasteiger partial charge in [0.2, 0.25) is 0 Å². The van der Waals surface area contributed by atoms with E-state index in [1.165, 1.54) is 24.7 Å². The molecule has 0 saturated carbocycles. The fourth-order valence-electron chi connectivity index (χ4n) is 2.33. The summed E-state index contributed by atoms with van der Waals surface area (Å²) in [7, 11) is 1.40. The van der Waals surface area contributed by atoms with Crippen molar-refractivity contribution in [3.8, 4) is 0 Å². The monoisotopic (exact) mass is 333 g/mol. The SMILES string of the molecule is COC(=O)c1ccc(CNCCCCc2ccccc2)cc1.Cl. The Balaban J connectivity index is 0.00000264. The van der Waals surface area contributed by atoms with Crippen LogP contribution in [0.4, 0.5) is 0 Å². The van der Waals surface area contributed by atoms with Crippen molar-refractivity contribution in [2.24, 2.45) is 0 Å². The maximum absolute atomic E-state index is 11.3. The van der Waals surface area contributed by atoms with Crippen LogP contribution in [0.1, 0.15) is 34.3 Å². The number of halogens is 1. The summed E-state index contributed by atoms with van der Waals surface area (Å²) >= 11 is 0. The van der Waals surface area contributed by atoms with Gasteiger partial charge >= 0.3 is 5.97 Å². The molecule has 0 heterocycles. The molecular formula is C19H24ClNO2. The fraction of sp³-hybridized carbons (Fsp3) is 0.316. The molecule has 0 bridgehead atoms. The average Bonchev–Trinajstić information content (AvgIpc) is 2.58. The van der Waals surface area contributed by atoms with E-state index >= 15 is 0 Å². The summed E-state index contributed by atoms with van der Waals surface area (Å²) in [6, 6.07) is 18.1. The minimum absolute atomic E-state index is 0. The second kappa shape index (κ2) is 10.8. The molecule has 4 heteroatoms. The van der Waals surface area contributed by atoms with E-state index in [9.17, 15) is 4.79 Å². The zero-order chi connectivity index (χ0) is 15.6. The summed E-state index contributed by atoms with van der Waals surface area (Å²) < 4.78 is 4.68. The van der Waals surface area contributed by atoms with Gasteiger partial charge < -0.3 is 10.1 Å². The zero-order valence-electron chi connectivity index (χ0n) is 13.5. The standard InChI is InChI=1S/C19H23NO2.ClH/c1-22-19(21)18-12-10-17(11-13-18)15-20-14-6-5-9-16-7-3-2-4-8-16;/h2-4,7-8,10-13,20H,5-6,9,14-15H2,1H3;1H. The number of esters is 1. The molecule has 0 saturated heterocycles. The minimum atomic E-state index is -0.291. The number of benzene rings is 2. The predicted molar refractivity (Wildman–Crippen MR) is 96.1 cm³/mol. The number of methoxy groups -OCH3 is 1. The number of aryl methyl sites for hydroxylation is 1. The third-order valence-electron chi connectivity index (χ3n) is 3.62. The lowest BCUT2D eigenvalue weighted by Gasteiger charge is -2.06. The third kappa shape index (κ3) is 6.85. The highest BCUT2D eigenvalue weighted by Crippen LogP contribution is 2.06. The maximum atomic E-state index is 11.3. The Morgan fingerprint density at radius 1 is 0.957 bits per heavy atom. The number of carbonyl (C=O) groups is 1. The van der Waals surface area contributed by atoms with E-state index in [1.54, 1.807) is 12.1 Å². The molecule has 0 radical (unpaired) electrons. The summed E-state index contributed by atoms with van der Waals surface area (Å²) in [5.41, 5.74) is 3.17. The molecule has 0 unspecified atom stereocenters. The summed E-state index contributed by atoms with van der Waals surface area (Å²) in [5.74, 6) is -0.291. The number of hydrogen-bond acceptors (Lipinski definition) is 3. The van der Waals surface area contributed by atoms with E-state index in [0.29, 0.717) is 5.56 Å². The van der Waals surface area contributed by atoms with Gasteiger partial charge in [-0.05, 0) is 49.1 Å². The Kier molecular flexibility index (Phi) is 9.03. The molecule has 0 aliphatic carbocycles. The maximum Gasteiger partial charge on any atom is 0.337 e. The van der Waals surface area contributed by atoms with Crippen LogP contribution in [0.2, 0.25) is 0 Å². The summed E-state index contributed by atoms with van der Waals surface area (Å²) in [4.78, 5) is 11.3. The van der Waals surface area contributed by atoms with E-state index in [-0.39, 0.29) is 18.4 Å². The van der Waals surface area contributed by atoms with Crippen LogP contribution < -0.4 is 5.32 Å². The van der Waals surface area contributed by atoms with Crippen LogP contribution in [-0.2, 0) is 17.7 Å². The Hall–Kier alpha value is -1.84. The van der Waals surface area contributed by atoms with Crippen molar-refractivity contribution >= 4 is 18.4 Å². The average molecular weight is 334 g/mol. The molecule has 0 aromatic heterocycles. The second-order valence-corrected chi connectivity index (χ2v) is 5.31. The van der Waals surface area contributed by atoms with Gasteiger partial charge in [-0.1, -0.05) is 42.5 Å². The Bertz CT molecular complexity index is 570. The van der Waals surface area contributed by atoms with Crippen LogP contribution >= 0.6 is 12.4 Å². The van der Waals surface area contributed by atoms with Gasteiger partial charge in [0.1, 0.15) is 0 Å². The molecule has 0 aliphatic rings. The van der Waals surface area contributed by atoms with Gasteiger partial charge in [0.25, 0.3) is 0 Å². The minimum Gasteiger partial charge on any atom is -0.465 e. The number of nitrogens with one attached hydrogen (secondary N) is 1. The van der Waals surface area contributed by atoms with Crippen molar-refractivity contribution in [2.75, 3.05) is 13.7 Å². The molecule has 0 aliphatic heterocycles. The molecule has 0 amide bonds. The van der Waals surface area contributed by atoms with Crippen molar-refractivity contribution in [1.82, 2.24) is 5.32 Å². The lowest BCUT2D eigenvalue weighted by molar-refractivity contribution is 0.0600. The molecule has 2 aromatic rings. The number of hydrogen-bond donors (Lipinski definition) is 1. The Morgan fingerprint density at radius 2 is 1.65 bits per heavy atom. The van der Waals surface area contributed by atoms with Gasteiger partial charge in [-0.25, -0.2) is 4.79 Å². The van der Waals surface area contributed by atoms with Crippen molar-refractivity contribution in [3.05, 3.63) is 71.3 Å². The van der Waals surface area contributed by atoms with Crippen molar-refractivity contribution in [3.63, 3.8) is 0 Å². The number of rotatable bonds is 8. The van der Waals surface area contributed by atoms with E-state index < -0.39 is 0 Å². The lowest BCUT2D eigenvalue weighted by Crippen LogP contribution is -2.15. The van der Waals surface area contributed by atoms with Crippen LogP contribution in [0.25, 0.3) is 0 Å². The Morgan fingerprint density at radius 3 is 2.30 bits per heavy atom. The highest BCUT2D eigenvalue weighted by atomic mass is 35.5. The van der Waals surface area contributed by atoms with Crippen molar-refractivity contribution in [2.45, 2.75) is 25.8 Å². The normalized spacial score (nSPS) is 9.96. The van der Waals surface area contributed by atoms with E-state index in [1.807, 2.05) is 12.1 Å². The molecule has 2 aromatic carbocycles. The first-order valence-electron chi connectivity index (χ1n) is 7.71. The first-order chi connectivity index (χ1) is 10.8. The molecule has 124 valence electrons. The highest BCUT2D eigenvalue weighted by molar-refractivity contribution is 5.89. The summed E-state index contributed by atoms with van der Waals surface area (Å²) in [6.07, 6.45) is 3.49. The fourth-order valence-corrected chi connectivity index (χ4v) is 2.33.